The zero-order valence-electron chi connectivity index (χ0n) is 10.6. The molecular weight excluding hydrogens is 220 g/mol. The second kappa shape index (κ2) is 3.89. The molecule has 0 radical (unpaired) electrons. The van der Waals surface area contributed by atoms with Gasteiger partial charge in [-0.3, -0.25) is 0 Å². The van der Waals surface area contributed by atoms with Crippen LogP contribution in [0.1, 0.15) is 16.7 Å². The summed E-state index contributed by atoms with van der Waals surface area (Å²) in [5.41, 5.74) is 7.16. The van der Waals surface area contributed by atoms with Crippen LogP contribution in [0.5, 0.6) is 0 Å². The highest BCUT2D eigenvalue weighted by Gasteiger charge is 2.19. The van der Waals surface area contributed by atoms with E-state index in [4.69, 9.17) is 5.26 Å². The molecule has 18 heavy (non-hydrogen) atoms. The van der Waals surface area contributed by atoms with Gasteiger partial charge in [-0.05, 0) is 52.9 Å². The first kappa shape index (κ1) is 10.9. The highest BCUT2D eigenvalue weighted by molar-refractivity contribution is 5.79. The van der Waals surface area contributed by atoms with Gasteiger partial charge in [0.15, 0.2) is 0 Å². The van der Waals surface area contributed by atoms with Crippen molar-refractivity contribution in [1.29, 1.82) is 5.26 Å². The minimum atomic E-state index is 0.745. The molecule has 0 amide bonds. The maximum atomic E-state index is 8.95. The summed E-state index contributed by atoms with van der Waals surface area (Å²) in [6, 6.07) is 14.7. The van der Waals surface area contributed by atoms with Crippen LogP contribution in [0, 0.1) is 11.3 Å². The van der Waals surface area contributed by atoms with Crippen LogP contribution in [0.2, 0.25) is 0 Å². The molecule has 0 fully saturated rings. The van der Waals surface area contributed by atoms with Gasteiger partial charge in [0.25, 0.3) is 0 Å². The predicted octanol–water partition coefficient (Wildman–Crippen LogP) is 3.20. The van der Waals surface area contributed by atoms with Crippen molar-refractivity contribution >= 4 is 5.69 Å². The number of hydrogen-bond donors (Lipinski definition) is 0. The first-order valence-corrected chi connectivity index (χ1v) is 6.02. The highest BCUT2D eigenvalue weighted by Crippen LogP contribution is 2.38. The van der Waals surface area contributed by atoms with Crippen molar-refractivity contribution in [2.24, 2.45) is 0 Å². The van der Waals surface area contributed by atoms with Crippen LogP contribution in [0.25, 0.3) is 11.1 Å². The average molecular weight is 234 g/mol. The normalized spacial score (nSPS) is 11.6. The molecule has 3 rings (SSSR count). The number of nitriles is 1. The fourth-order valence-corrected chi connectivity index (χ4v) is 2.54. The van der Waals surface area contributed by atoms with E-state index >= 15 is 0 Å². The second-order valence-electron chi connectivity index (χ2n) is 4.90. The third-order valence-electron chi connectivity index (χ3n) is 3.51. The summed E-state index contributed by atoms with van der Waals surface area (Å²) in [7, 11) is 4.11. The van der Waals surface area contributed by atoms with E-state index in [9.17, 15) is 0 Å². The maximum absolute atomic E-state index is 8.95. The summed E-state index contributed by atoms with van der Waals surface area (Å²) in [5.74, 6) is 0. The van der Waals surface area contributed by atoms with Gasteiger partial charge in [-0.25, -0.2) is 0 Å². The lowest BCUT2D eigenvalue weighted by Crippen LogP contribution is -2.08. The summed E-state index contributed by atoms with van der Waals surface area (Å²) >= 11 is 0. The van der Waals surface area contributed by atoms with Gasteiger partial charge >= 0.3 is 0 Å². The van der Waals surface area contributed by atoms with Crippen molar-refractivity contribution in [3.05, 3.63) is 53.1 Å². The summed E-state index contributed by atoms with van der Waals surface area (Å²) in [6.07, 6.45) is 0.932. The fraction of sp³-hybridized carbons (Fsp3) is 0.188. The summed E-state index contributed by atoms with van der Waals surface area (Å²) in [5, 5.41) is 8.95. The zero-order valence-corrected chi connectivity index (χ0v) is 10.6. The van der Waals surface area contributed by atoms with Gasteiger partial charge in [0.2, 0.25) is 0 Å². The SMILES string of the molecule is CN(C)c1ccc2c(c1)Cc1cc(C#N)ccc1-2. The number of nitrogens with zero attached hydrogens (tertiary/aromatic N) is 2. The number of anilines is 1. The highest BCUT2D eigenvalue weighted by atomic mass is 15.1. The maximum Gasteiger partial charge on any atom is 0.0991 e. The minimum Gasteiger partial charge on any atom is -0.378 e. The zero-order chi connectivity index (χ0) is 12.7. The van der Waals surface area contributed by atoms with Gasteiger partial charge in [-0.15, -0.1) is 0 Å². The Morgan fingerprint density at radius 2 is 1.67 bits per heavy atom. The van der Waals surface area contributed by atoms with Gasteiger partial charge in [0.05, 0.1) is 11.6 Å². The summed E-state index contributed by atoms with van der Waals surface area (Å²) in [4.78, 5) is 2.12. The van der Waals surface area contributed by atoms with Crippen LogP contribution in [-0.4, -0.2) is 14.1 Å². The standard InChI is InChI=1S/C16H14N2/c1-18(2)14-4-6-16-13(9-14)8-12-7-11(10-17)3-5-15(12)16/h3-7,9H,8H2,1-2H3. The molecule has 1 aliphatic carbocycles. The Kier molecular flexibility index (Phi) is 2.34. The quantitative estimate of drug-likeness (QED) is 0.646. The van der Waals surface area contributed by atoms with Crippen LogP contribution in [0.3, 0.4) is 0 Å². The van der Waals surface area contributed by atoms with E-state index in [0.29, 0.717) is 0 Å². The van der Waals surface area contributed by atoms with Crippen molar-refractivity contribution in [3.63, 3.8) is 0 Å². The largest absolute Gasteiger partial charge is 0.378 e. The van der Waals surface area contributed by atoms with Gasteiger partial charge in [-0.1, -0.05) is 12.1 Å². The van der Waals surface area contributed by atoms with Gasteiger partial charge in [0.1, 0.15) is 0 Å². The lowest BCUT2D eigenvalue weighted by atomic mass is 10.0. The molecule has 0 aromatic heterocycles. The van der Waals surface area contributed by atoms with E-state index in [1.54, 1.807) is 0 Å². The molecule has 0 N–H and O–H groups in total. The molecule has 0 spiro atoms. The molecule has 0 bridgehead atoms. The molecule has 2 aromatic carbocycles. The molecule has 0 saturated heterocycles. The molecule has 88 valence electrons. The lowest BCUT2D eigenvalue weighted by Gasteiger charge is -2.13. The molecule has 1 aliphatic rings. The Labute approximate surface area is 107 Å². The molecule has 0 heterocycles. The molecule has 0 atom stereocenters. The van der Waals surface area contributed by atoms with E-state index in [0.717, 1.165) is 12.0 Å². The molecule has 0 aliphatic heterocycles. The molecular formula is C16H14N2. The summed E-state index contributed by atoms with van der Waals surface area (Å²) < 4.78 is 0. The van der Waals surface area contributed by atoms with Crippen molar-refractivity contribution in [1.82, 2.24) is 0 Å². The Morgan fingerprint density at radius 3 is 2.33 bits per heavy atom. The first-order chi connectivity index (χ1) is 8.69. The van der Waals surface area contributed by atoms with E-state index in [-0.39, 0.29) is 0 Å². The molecule has 2 heteroatoms. The minimum absolute atomic E-state index is 0.745. The number of benzene rings is 2. The Hall–Kier alpha value is -2.27. The number of hydrogen-bond acceptors (Lipinski definition) is 2. The Balaban J connectivity index is 2.11. The van der Waals surface area contributed by atoms with E-state index in [2.05, 4.69) is 49.3 Å². The molecule has 2 aromatic rings. The summed E-state index contributed by atoms with van der Waals surface area (Å²) in [6.45, 7) is 0. The Bertz CT molecular complexity index is 663. The molecule has 0 unspecified atom stereocenters. The first-order valence-electron chi connectivity index (χ1n) is 6.02. The van der Waals surface area contributed by atoms with Gasteiger partial charge in [-0.2, -0.15) is 5.26 Å². The molecule has 0 saturated carbocycles. The topological polar surface area (TPSA) is 27.0 Å². The van der Waals surface area contributed by atoms with E-state index in [1.807, 2.05) is 12.1 Å². The fourth-order valence-electron chi connectivity index (χ4n) is 2.54. The van der Waals surface area contributed by atoms with E-state index in [1.165, 1.54) is 27.9 Å². The van der Waals surface area contributed by atoms with Crippen LogP contribution in [0.4, 0.5) is 5.69 Å². The van der Waals surface area contributed by atoms with Crippen molar-refractivity contribution in [2.75, 3.05) is 19.0 Å². The third-order valence-corrected chi connectivity index (χ3v) is 3.51. The van der Waals surface area contributed by atoms with Gasteiger partial charge < -0.3 is 4.90 Å². The second-order valence-corrected chi connectivity index (χ2v) is 4.90. The number of fused-ring (bicyclic) bond motifs is 3. The molecule has 2 nitrogen and oxygen atoms in total. The van der Waals surface area contributed by atoms with Crippen LogP contribution >= 0.6 is 0 Å². The van der Waals surface area contributed by atoms with E-state index < -0.39 is 0 Å². The smallest absolute Gasteiger partial charge is 0.0991 e. The Morgan fingerprint density at radius 1 is 1.00 bits per heavy atom. The third kappa shape index (κ3) is 1.56. The average Bonchev–Trinajstić information content (AvgIpc) is 2.74. The number of rotatable bonds is 1. The van der Waals surface area contributed by atoms with Crippen molar-refractivity contribution in [3.8, 4) is 17.2 Å². The van der Waals surface area contributed by atoms with Gasteiger partial charge in [0, 0.05) is 19.8 Å². The monoisotopic (exact) mass is 234 g/mol. The van der Waals surface area contributed by atoms with Crippen LogP contribution < -0.4 is 4.90 Å². The van der Waals surface area contributed by atoms with Crippen LogP contribution in [-0.2, 0) is 6.42 Å². The predicted molar refractivity (Wildman–Crippen MR) is 73.7 cm³/mol. The lowest BCUT2D eigenvalue weighted by molar-refractivity contribution is 1.12. The van der Waals surface area contributed by atoms with Crippen molar-refractivity contribution < 1.29 is 0 Å². The van der Waals surface area contributed by atoms with Crippen LogP contribution in [0.15, 0.2) is 36.4 Å². The van der Waals surface area contributed by atoms with Crippen molar-refractivity contribution in [2.45, 2.75) is 6.42 Å².